The molecule has 0 bridgehead atoms. The highest BCUT2D eigenvalue weighted by atomic mass is 16.5. The van der Waals surface area contributed by atoms with Crippen molar-refractivity contribution in [1.29, 1.82) is 0 Å². The average molecular weight is 363 g/mol. The quantitative estimate of drug-likeness (QED) is 0.669. The number of nitrogens with zero attached hydrogens (tertiary/aromatic N) is 3. The molecule has 1 saturated heterocycles. The van der Waals surface area contributed by atoms with Gasteiger partial charge in [0.1, 0.15) is 5.75 Å². The van der Waals surface area contributed by atoms with Gasteiger partial charge in [-0.3, -0.25) is 4.79 Å². The summed E-state index contributed by atoms with van der Waals surface area (Å²) in [4.78, 5) is 18.8. The number of carbonyl (C=O) groups is 1. The summed E-state index contributed by atoms with van der Waals surface area (Å²) in [5.74, 6) is 1.74. The van der Waals surface area contributed by atoms with E-state index in [0.717, 1.165) is 16.9 Å². The molecule has 6 nitrogen and oxygen atoms in total. The Morgan fingerprint density at radius 1 is 1.15 bits per heavy atom. The van der Waals surface area contributed by atoms with Crippen molar-refractivity contribution in [2.75, 3.05) is 13.2 Å². The van der Waals surface area contributed by atoms with E-state index in [2.05, 4.69) is 10.1 Å². The number of para-hydroxylation sites is 1. The van der Waals surface area contributed by atoms with Gasteiger partial charge in [0, 0.05) is 19.5 Å². The molecule has 0 spiro atoms. The van der Waals surface area contributed by atoms with Gasteiger partial charge in [-0.05, 0) is 24.6 Å². The first-order valence-corrected chi connectivity index (χ1v) is 9.12. The van der Waals surface area contributed by atoms with Crippen LogP contribution in [0, 0.1) is 0 Å². The minimum atomic E-state index is -0.0817. The molecule has 27 heavy (non-hydrogen) atoms. The molecule has 4 rings (SSSR count). The number of hydrogen-bond acceptors (Lipinski definition) is 5. The van der Waals surface area contributed by atoms with Crippen LogP contribution in [-0.4, -0.2) is 34.1 Å². The van der Waals surface area contributed by atoms with E-state index < -0.39 is 0 Å². The van der Waals surface area contributed by atoms with Gasteiger partial charge in [-0.1, -0.05) is 47.6 Å². The van der Waals surface area contributed by atoms with Crippen molar-refractivity contribution < 1.29 is 14.1 Å². The highest BCUT2D eigenvalue weighted by Gasteiger charge is 2.34. The minimum Gasteiger partial charge on any atom is -0.493 e. The number of ether oxygens (including phenoxy) is 1. The number of likely N-dealkylation sites (tertiary alicyclic amines) is 1. The van der Waals surface area contributed by atoms with Gasteiger partial charge in [-0.25, -0.2) is 0 Å². The second-order valence-corrected chi connectivity index (χ2v) is 6.55. The number of carbonyl (C=O) groups excluding carboxylic acids is 1. The Morgan fingerprint density at radius 2 is 1.93 bits per heavy atom. The lowest BCUT2D eigenvalue weighted by molar-refractivity contribution is -0.128. The van der Waals surface area contributed by atoms with Crippen LogP contribution in [0.5, 0.6) is 5.75 Å². The third kappa shape index (κ3) is 3.69. The molecule has 1 amide bonds. The van der Waals surface area contributed by atoms with Gasteiger partial charge in [0.25, 0.3) is 0 Å². The summed E-state index contributed by atoms with van der Waals surface area (Å²) in [5.41, 5.74) is 1.91. The van der Waals surface area contributed by atoms with E-state index in [9.17, 15) is 4.79 Å². The average Bonchev–Trinajstić information content (AvgIpc) is 3.31. The lowest BCUT2D eigenvalue weighted by atomic mass is 10.1. The summed E-state index contributed by atoms with van der Waals surface area (Å²) < 4.78 is 11.1. The molecular weight excluding hydrogens is 342 g/mol. The van der Waals surface area contributed by atoms with Crippen LogP contribution in [0.15, 0.2) is 59.1 Å². The number of aromatic nitrogens is 2. The largest absolute Gasteiger partial charge is 0.493 e. The maximum absolute atomic E-state index is 12.4. The van der Waals surface area contributed by atoms with Crippen molar-refractivity contribution >= 4 is 5.91 Å². The molecule has 0 radical (unpaired) electrons. The highest BCUT2D eigenvalue weighted by molar-refractivity contribution is 5.79. The standard InChI is InChI=1S/C21H21N3O3/c1-2-26-18-11-7-6-10-17(18)20-22-21(27-23-20)16-12-19(25)24(14-16)13-15-8-4-3-5-9-15/h3-11,16H,2,12-14H2,1H3. The van der Waals surface area contributed by atoms with Crippen molar-refractivity contribution in [3.63, 3.8) is 0 Å². The second-order valence-electron chi connectivity index (χ2n) is 6.55. The molecule has 138 valence electrons. The molecule has 2 heterocycles. The molecule has 1 aliphatic rings. The Kier molecular flexibility index (Phi) is 4.87. The van der Waals surface area contributed by atoms with E-state index in [1.54, 1.807) is 0 Å². The Hall–Kier alpha value is -3.15. The molecule has 6 heteroatoms. The highest BCUT2D eigenvalue weighted by Crippen LogP contribution is 2.32. The van der Waals surface area contributed by atoms with E-state index in [4.69, 9.17) is 9.26 Å². The minimum absolute atomic E-state index is 0.0817. The van der Waals surface area contributed by atoms with Crippen molar-refractivity contribution in [3.8, 4) is 17.1 Å². The summed E-state index contributed by atoms with van der Waals surface area (Å²) >= 11 is 0. The van der Waals surface area contributed by atoms with E-state index in [1.807, 2.05) is 66.4 Å². The van der Waals surface area contributed by atoms with Crippen LogP contribution < -0.4 is 4.74 Å². The van der Waals surface area contributed by atoms with Crippen LogP contribution in [0.4, 0.5) is 0 Å². The fourth-order valence-electron chi connectivity index (χ4n) is 3.34. The van der Waals surface area contributed by atoms with E-state index >= 15 is 0 Å². The molecule has 0 N–H and O–H groups in total. The van der Waals surface area contributed by atoms with Gasteiger partial charge in [0.05, 0.1) is 18.1 Å². The van der Waals surface area contributed by atoms with Gasteiger partial charge in [0.15, 0.2) is 0 Å². The van der Waals surface area contributed by atoms with Crippen LogP contribution >= 0.6 is 0 Å². The predicted molar refractivity (Wildman–Crippen MR) is 100 cm³/mol. The Morgan fingerprint density at radius 3 is 2.74 bits per heavy atom. The van der Waals surface area contributed by atoms with Gasteiger partial charge >= 0.3 is 0 Å². The zero-order chi connectivity index (χ0) is 18.6. The number of hydrogen-bond donors (Lipinski definition) is 0. The van der Waals surface area contributed by atoms with Crippen LogP contribution in [0.1, 0.15) is 30.7 Å². The van der Waals surface area contributed by atoms with E-state index in [0.29, 0.717) is 37.8 Å². The predicted octanol–water partition coefficient (Wildman–Crippen LogP) is 3.65. The van der Waals surface area contributed by atoms with Gasteiger partial charge in [-0.15, -0.1) is 0 Å². The maximum Gasteiger partial charge on any atom is 0.232 e. The fraction of sp³-hybridized carbons (Fsp3) is 0.286. The zero-order valence-corrected chi connectivity index (χ0v) is 15.2. The molecule has 1 fully saturated rings. The van der Waals surface area contributed by atoms with Crippen molar-refractivity contribution in [3.05, 3.63) is 66.1 Å². The first-order valence-electron chi connectivity index (χ1n) is 9.12. The van der Waals surface area contributed by atoms with Crippen LogP contribution in [0.3, 0.4) is 0 Å². The number of benzene rings is 2. The summed E-state index contributed by atoms with van der Waals surface area (Å²) in [6.45, 7) is 3.68. The molecule has 1 aliphatic heterocycles. The van der Waals surface area contributed by atoms with Crippen molar-refractivity contribution in [1.82, 2.24) is 15.0 Å². The summed E-state index contributed by atoms with van der Waals surface area (Å²) in [5, 5.41) is 4.11. The van der Waals surface area contributed by atoms with E-state index in [1.165, 1.54) is 0 Å². The topological polar surface area (TPSA) is 68.5 Å². The third-order valence-electron chi connectivity index (χ3n) is 4.65. The zero-order valence-electron chi connectivity index (χ0n) is 15.2. The summed E-state index contributed by atoms with van der Waals surface area (Å²) in [6.07, 6.45) is 0.390. The van der Waals surface area contributed by atoms with Crippen LogP contribution in [-0.2, 0) is 11.3 Å². The smallest absolute Gasteiger partial charge is 0.232 e. The summed E-state index contributed by atoms with van der Waals surface area (Å²) in [6, 6.07) is 17.6. The second kappa shape index (κ2) is 7.61. The van der Waals surface area contributed by atoms with Gasteiger partial charge < -0.3 is 14.2 Å². The molecule has 2 aromatic carbocycles. The molecule has 0 aliphatic carbocycles. The number of amides is 1. The SMILES string of the molecule is CCOc1ccccc1-c1noc(C2CC(=O)N(Cc3ccccc3)C2)n1. The lowest BCUT2D eigenvalue weighted by Gasteiger charge is -2.15. The Balaban J connectivity index is 1.50. The third-order valence-corrected chi connectivity index (χ3v) is 4.65. The molecule has 0 saturated carbocycles. The molecule has 3 aromatic rings. The fourth-order valence-corrected chi connectivity index (χ4v) is 3.34. The normalized spacial score (nSPS) is 16.7. The Bertz CT molecular complexity index is 923. The molecule has 1 aromatic heterocycles. The van der Waals surface area contributed by atoms with E-state index in [-0.39, 0.29) is 11.8 Å². The number of rotatable bonds is 6. The molecular formula is C21H21N3O3. The monoisotopic (exact) mass is 363 g/mol. The lowest BCUT2D eigenvalue weighted by Crippen LogP contribution is -2.24. The van der Waals surface area contributed by atoms with Crippen molar-refractivity contribution in [2.24, 2.45) is 0 Å². The maximum atomic E-state index is 12.4. The van der Waals surface area contributed by atoms with Gasteiger partial charge in [-0.2, -0.15) is 4.98 Å². The first-order chi connectivity index (χ1) is 13.2. The molecule has 1 unspecified atom stereocenters. The van der Waals surface area contributed by atoms with Crippen LogP contribution in [0.2, 0.25) is 0 Å². The molecule has 1 atom stereocenters. The van der Waals surface area contributed by atoms with Crippen molar-refractivity contribution in [2.45, 2.75) is 25.8 Å². The Labute approximate surface area is 157 Å². The first kappa shape index (κ1) is 17.3. The summed E-state index contributed by atoms with van der Waals surface area (Å²) in [7, 11) is 0. The van der Waals surface area contributed by atoms with Gasteiger partial charge in [0.2, 0.25) is 17.6 Å². The van der Waals surface area contributed by atoms with Crippen LogP contribution in [0.25, 0.3) is 11.4 Å².